The van der Waals surface area contributed by atoms with Crippen LogP contribution in [0, 0.1) is 5.92 Å². The molecule has 0 aromatic carbocycles. The summed E-state index contributed by atoms with van der Waals surface area (Å²) in [6.45, 7) is 2.28. The molecule has 3 rings (SSSR count). The van der Waals surface area contributed by atoms with E-state index in [2.05, 4.69) is 4.90 Å². The Bertz CT molecular complexity index is 331. The standard InChI is InChI=1S/C15H26N2O2/c16-13-5-7-15(8-6-13)11-17(9-10-19-15)14(18)12-3-1-2-4-12/h12-13H,1-11,16H2. The minimum atomic E-state index is -0.0810. The van der Waals surface area contributed by atoms with Crippen LogP contribution in [0.3, 0.4) is 0 Å². The van der Waals surface area contributed by atoms with Gasteiger partial charge in [0.1, 0.15) is 0 Å². The number of hydrogen-bond acceptors (Lipinski definition) is 3. The topological polar surface area (TPSA) is 55.6 Å². The number of ether oxygens (including phenoxy) is 1. The maximum Gasteiger partial charge on any atom is 0.225 e. The molecule has 1 spiro atoms. The molecule has 1 amide bonds. The van der Waals surface area contributed by atoms with E-state index in [1.807, 2.05) is 0 Å². The molecule has 0 radical (unpaired) electrons. The summed E-state index contributed by atoms with van der Waals surface area (Å²) < 4.78 is 6.05. The van der Waals surface area contributed by atoms with Crippen LogP contribution in [-0.2, 0) is 9.53 Å². The number of nitrogens with two attached hydrogens (primary N) is 1. The van der Waals surface area contributed by atoms with Crippen LogP contribution < -0.4 is 5.73 Å². The van der Waals surface area contributed by atoms with E-state index in [1.165, 1.54) is 12.8 Å². The van der Waals surface area contributed by atoms with Crippen LogP contribution in [-0.4, -0.2) is 42.1 Å². The van der Waals surface area contributed by atoms with Crippen molar-refractivity contribution in [1.29, 1.82) is 0 Å². The van der Waals surface area contributed by atoms with Crippen molar-refractivity contribution in [2.45, 2.75) is 63.0 Å². The van der Waals surface area contributed by atoms with Gasteiger partial charge >= 0.3 is 0 Å². The van der Waals surface area contributed by atoms with Crippen molar-refractivity contribution in [2.24, 2.45) is 11.7 Å². The lowest BCUT2D eigenvalue weighted by Crippen LogP contribution is -2.56. The minimum absolute atomic E-state index is 0.0810. The first kappa shape index (κ1) is 13.4. The average Bonchev–Trinajstić information content (AvgIpc) is 2.96. The number of carbonyl (C=O) groups excluding carboxylic acids is 1. The summed E-state index contributed by atoms with van der Waals surface area (Å²) in [5.41, 5.74) is 5.90. The molecule has 4 heteroatoms. The van der Waals surface area contributed by atoms with E-state index in [1.54, 1.807) is 0 Å². The molecular weight excluding hydrogens is 240 g/mol. The van der Waals surface area contributed by atoms with E-state index >= 15 is 0 Å². The number of morpholine rings is 1. The first-order valence-electron chi connectivity index (χ1n) is 7.87. The second-order valence-corrected chi connectivity index (χ2v) is 6.61. The summed E-state index contributed by atoms with van der Waals surface area (Å²) in [6.07, 6.45) is 8.73. The van der Waals surface area contributed by atoms with Crippen molar-refractivity contribution in [2.75, 3.05) is 19.7 Å². The third-order valence-electron chi connectivity index (χ3n) is 5.21. The molecule has 0 aromatic heterocycles. The lowest BCUT2D eigenvalue weighted by atomic mass is 9.81. The second kappa shape index (κ2) is 5.41. The van der Waals surface area contributed by atoms with Gasteiger partial charge in [0.25, 0.3) is 0 Å². The van der Waals surface area contributed by atoms with Gasteiger partial charge in [0, 0.05) is 25.0 Å². The molecule has 0 bridgehead atoms. The SMILES string of the molecule is NC1CCC2(CC1)CN(C(=O)C1CCCC1)CCO2. The van der Waals surface area contributed by atoms with Gasteiger partial charge in [0.05, 0.1) is 12.2 Å². The largest absolute Gasteiger partial charge is 0.371 e. The van der Waals surface area contributed by atoms with Gasteiger partial charge < -0.3 is 15.4 Å². The van der Waals surface area contributed by atoms with Gasteiger partial charge in [-0.25, -0.2) is 0 Å². The lowest BCUT2D eigenvalue weighted by Gasteiger charge is -2.46. The number of amides is 1. The van der Waals surface area contributed by atoms with Crippen LogP contribution in [0.15, 0.2) is 0 Å². The predicted molar refractivity (Wildman–Crippen MR) is 73.7 cm³/mol. The number of rotatable bonds is 1. The zero-order valence-corrected chi connectivity index (χ0v) is 11.8. The number of hydrogen-bond donors (Lipinski definition) is 1. The molecule has 2 saturated carbocycles. The molecule has 19 heavy (non-hydrogen) atoms. The van der Waals surface area contributed by atoms with Gasteiger partial charge in [0.2, 0.25) is 5.91 Å². The highest BCUT2D eigenvalue weighted by atomic mass is 16.5. The molecule has 0 atom stereocenters. The summed E-state index contributed by atoms with van der Waals surface area (Å²) in [6, 6.07) is 0.329. The summed E-state index contributed by atoms with van der Waals surface area (Å²) in [5.74, 6) is 0.677. The van der Waals surface area contributed by atoms with Crippen molar-refractivity contribution >= 4 is 5.91 Å². The zero-order valence-electron chi connectivity index (χ0n) is 11.8. The summed E-state index contributed by atoms with van der Waals surface area (Å²) in [4.78, 5) is 14.6. The van der Waals surface area contributed by atoms with Crippen molar-refractivity contribution in [3.8, 4) is 0 Å². The lowest BCUT2D eigenvalue weighted by molar-refractivity contribution is -0.160. The Labute approximate surface area is 115 Å². The molecule has 4 nitrogen and oxygen atoms in total. The van der Waals surface area contributed by atoms with Crippen LogP contribution in [0.4, 0.5) is 0 Å². The van der Waals surface area contributed by atoms with E-state index in [4.69, 9.17) is 10.5 Å². The number of carbonyl (C=O) groups is 1. The minimum Gasteiger partial charge on any atom is -0.371 e. The third kappa shape index (κ3) is 2.79. The van der Waals surface area contributed by atoms with Crippen molar-refractivity contribution in [3.63, 3.8) is 0 Å². The smallest absolute Gasteiger partial charge is 0.225 e. The quantitative estimate of drug-likeness (QED) is 0.785. The molecule has 3 aliphatic rings. The van der Waals surface area contributed by atoms with Crippen molar-refractivity contribution in [3.05, 3.63) is 0 Å². The predicted octanol–water partition coefficient (Wildman–Crippen LogP) is 1.68. The van der Waals surface area contributed by atoms with Crippen LogP contribution in [0.1, 0.15) is 51.4 Å². The van der Waals surface area contributed by atoms with Gasteiger partial charge in [-0.15, -0.1) is 0 Å². The molecule has 0 unspecified atom stereocenters. The Morgan fingerprint density at radius 3 is 2.53 bits per heavy atom. The molecule has 1 saturated heterocycles. The maximum atomic E-state index is 12.5. The molecule has 1 aliphatic heterocycles. The highest BCUT2D eigenvalue weighted by Gasteiger charge is 2.41. The van der Waals surface area contributed by atoms with E-state index in [0.717, 1.165) is 51.6 Å². The molecule has 108 valence electrons. The third-order valence-corrected chi connectivity index (χ3v) is 5.21. The average molecular weight is 266 g/mol. The first-order valence-corrected chi connectivity index (χ1v) is 7.87. The monoisotopic (exact) mass is 266 g/mol. The van der Waals surface area contributed by atoms with Crippen molar-refractivity contribution < 1.29 is 9.53 Å². The summed E-state index contributed by atoms with van der Waals surface area (Å²) >= 11 is 0. The molecule has 3 fully saturated rings. The highest BCUT2D eigenvalue weighted by molar-refractivity contribution is 5.79. The highest BCUT2D eigenvalue weighted by Crippen LogP contribution is 2.35. The van der Waals surface area contributed by atoms with Gasteiger partial charge in [-0.2, -0.15) is 0 Å². The molecule has 2 N–H and O–H groups in total. The Balaban J connectivity index is 1.62. The Kier molecular flexibility index (Phi) is 3.81. The van der Waals surface area contributed by atoms with Gasteiger partial charge in [0.15, 0.2) is 0 Å². The van der Waals surface area contributed by atoms with Gasteiger partial charge in [-0.05, 0) is 38.5 Å². The summed E-state index contributed by atoms with van der Waals surface area (Å²) in [5, 5.41) is 0. The van der Waals surface area contributed by atoms with Crippen molar-refractivity contribution in [1.82, 2.24) is 4.90 Å². The van der Waals surface area contributed by atoms with E-state index in [0.29, 0.717) is 24.5 Å². The Morgan fingerprint density at radius 2 is 1.84 bits per heavy atom. The van der Waals surface area contributed by atoms with Crippen LogP contribution >= 0.6 is 0 Å². The van der Waals surface area contributed by atoms with E-state index in [9.17, 15) is 4.79 Å². The second-order valence-electron chi connectivity index (χ2n) is 6.61. The Hall–Kier alpha value is -0.610. The summed E-state index contributed by atoms with van der Waals surface area (Å²) in [7, 11) is 0. The molecule has 1 heterocycles. The van der Waals surface area contributed by atoms with Crippen LogP contribution in [0.5, 0.6) is 0 Å². The van der Waals surface area contributed by atoms with Gasteiger partial charge in [-0.1, -0.05) is 12.8 Å². The Morgan fingerprint density at radius 1 is 1.16 bits per heavy atom. The zero-order chi connectivity index (χ0) is 13.3. The number of nitrogens with zero attached hydrogens (tertiary/aromatic N) is 1. The normalized spacial score (nSPS) is 36.9. The maximum absolute atomic E-state index is 12.5. The first-order chi connectivity index (χ1) is 9.19. The fraction of sp³-hybridized carbons (Fsp3) is 0.933. The van der Waals surface area contributed by atoms with Crippen LogP contribution in [0.25, 0.3) is 0 Å². The molecule has 0 aromatic rings. The van der Waals surface area contributed by atoms with Gasteiger partial charge in [-0.3, -0.25) is 4.79 Å². The molecule has 2 aliphatic carbocycles. The van der Waals surface area contributed by atoms with E-state index < -0.39 is 0 Å². The van der Waals surface area contributed by atoms with E-state index in [-0.39, 0.29) is 5.60 Å². The molecular formula is C15H26N2O2. The van der Waals surface area contributed by atoms with Crippen LogP contribution in [0.2, 0.25) is 0 Å². The fourth-order valence-electron chi connectivity index (χ4n) is 3.93. The fourth-order valence-corrected chi connectivity index (χ4v) is 3.93.